The molecule has 0 aromatic rings. The first-order valence-electron chi connectivity index (χ1n) is 7.49. The van der Waals surface area contributed by atoms with Crippen LogP contribution >= 0.6 is 0 Å². The zero-order valence-electron chi connectivity index (χ0n) is 13.3. The Kier molecular flexibility index (Phi) is 9.73. The van der Waals surface area contributed by atoms with Crippen molar-refractivity contribution in [2.45, 2.75) is 67.2 Å². The zero-order valence-corrected chi connectivity index (χ0v) is 13.3. The van der Waals surface area contributed by atoms with Gasteiger partial charge in [-0.2, -0.15) is 0 Å². The molecule has 0 fully saturated rings. The van der Waals surface area contributed by atoms with Gasteiger partial charge in [0.05, 0.1) is 0 Å². The predicted octanol–water partition coefficient (Wildman–Crippen LogP) is 6.31. The highest BCUT2D eigenvalue weighted by atomic mass is 14.1. The van der Waals surface area contributed by atoms with E-state index in [1.54, 1.807) is 0 Å². The van der Waals surface area contributed by atoms with Crippen molar-refractivity contribution >= 4 is 0 Å². The molecule has 0 aliphatic heterocycles. The minimum absolute atomic E-state index is 0.652. The fourth-order valence-corrected chi connectivity index (χ4v) is 1.95. The Hall–Kier alpha value is -0.780. The maximum atomic E-state index is 2.41. The molecular weight excluding hydrogens is 216 g/mol. The summed E-state index contributed by atoms with van der Waals surface area (Å²) in [6, 6.07) is 0. The average Bonchev–Trinajstić information content (AvgIpc) is 2.32. The van der Waals surface area contributed by atoms with Gasteiger partial charge >= 0.3 is 0 Å². The highest BCUT2D eigenvalue weighted by molar-refractivity contribution is 5.07. The molecule has 0 N–H and O–H groups in total. The third-order valence-corrected chi connectivity index (χ3v) is 3.23. The number of allylic oxidation sites excluding steroid dienone is 6. The maximum Gasteiger partial charge on any atom is -0.0162 e. The van der Waals surface area contributed by atoms with Crippen molar-refractivity contribution in [2.75, 3.05) is 0 Å². The minimum Gasteiger partial charge on any atom is -0.0859 e. The maximum absolute atomic E-state index is 2.41. The fraction of sp³-hybridized carbons (Fsp3) is 0.667. The van der Waals surface area contributed by atoms with Crippen LogP contribution in [0.3, 0.4) is 0 Å². The van der Waals surface area contributed by atoms with E-state index >= 15 is 0 Å². The summed E-state index contributed by atoms with van der Waals surface area (Å²) in [7, 11) is 0. The standard InChI is InChI=1S/C18H32/c1-7-9-17(6)14-18(12-10-15(3)4)13-11-16(5)8-2/h9-12,15,18H,7-8,13-14H2,1-6H3. The molecule has 0 saturated heterocycles. The summed E-state index contributed by atoms with van der Waals surface area (Å²) >= 11 is 0. The van der Waals surface area contributed by atoms with E-state index in [2.05, 4.69) is 65.8 Å². The predicted molar refractivity (Wildman–Crippen MR) is 84.8 cm³/mol. The van der Waals surface area contributed by atoms with Gasteiger partial charge < -0.3 is 0 Å². The summed E-state index contributed by atoms with van der Waals surface area (Å²) in [5.41, 5.74) is 3.04. The SMILES string of the molecule is CCC=C(C)CC(C=CC(C)C)CC=C(C)CC. The summed E-state index contributed by atoms with van der Waals surface area (Å²) in [6.45, 7) is 13.4. The summed E-state index contributed by atoms with van der Waals surface area (Å²) in [6.07, 6.45) is 14.2. The Morgan fingerprint density at radius 1 is 0.944 bits per heavy atom. The monoisotopic (exact) mass is 248 g/mol. The van der Waals surface area contributed by atoms with Crippen molar-refractivity contribution < 1.29 is 0 Å². The molecule has 0 saturated carbocycles. The van der Waals surface area contributed by atoms with Crippen molar-refractivity contribution in [3.8, 4) is 0 Å². The summed E-state index contributed by atoms with van der Waals surface area (Å²) < 4.78 is 0. The molecule has 1 unspecified atom stereocenters. The van der Waals surface area contributed by atoms with Crippen LogP contribution in [0.15, 0.2) is 35.5 Å². The number of hydrogen-bond acceptors (Lipinski definition) is 0. The molecule has 0 aliphatic rings. The molecule has 104 valence electrons. The van der Waals surface area contributed by atoms with Gasteiger partial charge in [0.25, 0.3) is 0 Å². The van der Waals surface area contributed by atoms with Crippen LogP contribution in [0.4, 0.5) is 0 Å². The third-order valence-electron chi connectivity index (χ3n) is 3.23. The van der Waals surface area contributed by atoms with Crippen molar-refractivity contribution in [1.82, 2.24) is 0 Å². The Morgan fingerprint density at radius 2 is 1.61 bits per heavy atom. The smallest absolute Gasteiger partial charge is 0.0162 e. The number of rotatable bonds is 8. The Morgan fingerprint density at radius 3 is 2.11 bits per heavy atom. The van der Waals surface area contributed by atoms with Crippen LogP contribution in [0, 0.1) is 11.8 Å². The Labute approximate surface area is 115 Å². The van der Waals surface area contributed by atoms with Gasteiger partial charge in [0.2, 0.25) is 0 Å². The highest BCUT2D eigenvalue weighted by Gasteiger charge is 2.04. The molecule has 18 heavy (non-hydrogen) atoms. The van der Waals surface area contributed by atoms with Crippen LogP contribution in [-0.4, -0.2) is 0 Å². The Bertz CT molecular complexity index is 289. The van der Waals surface area contributed by atoms with E-state index in [9.17, 15) is 0 Å². The van der Waals surface area contributed by atoms with E-state index in [-0.39, 0.29) is 0 Å². The van der Waals surface area contributed by atoms with E-state index in [0.717, 1.165) is 6.42 Å². The molecule has 0 heteroatoms. The van der Waals surface area contributed by atoms with Crippen LogP contribution < -0.4 is 0 Å². The highest BCUT2D eigenvalue weighted by Crippen LogP contribution is 2.20. The quantitative estimate of drug-likeness (QED) is 0.442. The zero-order chi connectivity index (χ0) is 14.0. The van der Waals surface area contributed by atoms with Crippen LogP contribution in [0.25, 0.3) is 0 Å². The molecule has 0 heterocycles. The van der Waals surface area contributed by atoms with Crippen molar-refractivity contribution in [1.29, 1.82) is 0 Å². The first kappa shape index (κ1) is 17.2. The van der Waals surface area contributed by atoms with Crippen LogP contribution in [0.2, 0.25) is 0 Å². The third kappa shape index (κ3) is 9.27. The molecule has 0 radical (unpaired) electrons. The lowest BCUT2D eigenvalue weighted by Gasteiger charge is -2.12. The van der Waals surface area contributed by atoms with E-state index in [1.165, 1.54) is 30.4 Å². The first-order chi connectivity index (χ1) is 8.49. The molecule has 0 aliphatic carbocycles. The molecule has 1 atom stereocenters. The van der Waals surface area contributed by atoms with Gasteiger partial charge in [-0.25, -0.2) is 0 Å². The van der Waals surface area contributed by atoms with Gasteiger partial charge in [0, 0.05) is 0 Å². The number of hydrogen-bond donors (Lipinski definition) is 0. The second kappa shape index (κ2) is 10.2. The van der Waals surface area contributed by atoms with Crippen LogP contribution in [0.1, 0.15) is 67.2 Å². The van der Waals surface area contributed by atoms with Crippen LogP contribution in [0.5, 0.6) is 0 Å². The summed E-state index contributed by atoms with van der Waals surface area (Å²) in [5, 5.41) is 0. The van der Waals surface area contributed by atoms with Crippen molar-refractivity contribution in [3.63, 3.8) is 0 Å². The second-order valence-corrected chi connectivity index (χ2v) is 5.69. The first-order valence-corrected chi connectivity index (χ1v) is 7.49. The average molecular weight is 248 g/mol. The molecule has 0 aromatic heterocycles. The summed E-state index contributed by atoms with van der Waals surface area (Å²) in [4.78, 5) is 0. The van der Waals surface area contributed by atoms with Gasteiger partial charge in [-0.1, -0.05) is 63.1 Å². The lowest BCUT2D eigenvalue weighted by Crippen LogP contribution is -1.98. The van der Waals surface area contributed by atoms with E-state index in [4.69, 9.17) is 0 Å². The molecule has 0 rings (SSSR count). The fourth-order valence-electron chi connectivity index (χ4n) is 1.95. The van der Waals surface area contributed by atoms with Gasteiger partial charge in [0.1, 0.15) is 0 Å². The van der Waals surface area contributed by atoms with Gasteiger partial charge in [-0.15, -0.1) is 0 Å². The van der Waals surface area contributed by atoms with Crippen molar-refractivity contribution in [2.24, 2.45) is 11.8 Å². The molecule has 0 spiro atoms. The van der Waals surface area contributed by atoms with Gasteiger partial charge in [0.15, 0.2) is 0 Å². The molecule has 0 nitrogen and oxygen atoms in total. The molecule has 0 bridgehead atoms. The molecule has 0 amide bonds. The second-order valence-electron chi connectivity index (χ2n) is 5.69. The summed E-state index contributed by atoms with van der Waals surface area (Å²) in [5.74, 6) is 1.32. The van der Waals surface area contributed by atoms with Gasteiger partial charge in [-0.05, 0) is 51.4 Å². The van der Waals surface area contributed by atoms with Crippen LogP contribution in [-0.2, 0) is 0 Å². The molecular formula is C18H32. The largest absolute Gasteiger partial charge is 0.0859 e. The van der Waals surface area contributed by atoms with E-state index in [1.807, 2.05) is 0 Å². The lowest BCUT2D eigenvalue weighted by atomic mass is 9.93. The lowest BCUT2D eigenvalue weighted by molar-refractivity contribution is 0.640. The van der Waals surface area contributed by atoms with Gasteiger partial charge in [-0.3, -0.25) is 0 Å². The Balaban J connectivity index is 4.57. The van der Waals surface area contributed by atoms with E-state index < -0.39 is 0 Å². The minimum atomic E-state index is 0.652. The topological polar surface area (TPSA) is 0 Å². The normalized spacial score (nSPS) is 15.7. The van der Waals surface area contributed by atoms with Crippen molar-refractivity contribution in [3.05, 3.63) is 35.5 Å². The van der Waals surface area contributed by atoms with E-state index in [0.29, 0.717) is 11.8 Å². The molecule has 0 aromatic carbocycles.